The molecule has 0 aliphatic carbocycles. The predicted octanol–water partition coefficient (Wildman–Crippen LogP) is 3.73. The maximum atomic E-state index is 12.4. The number of carbonyl (C=O) groups is 1. The molecule has 1 N–H and O–H groups in total. The van der Waals surface area contributed by atoms with Crippen molar-refractivity contribution < 1.29 is 18.3 Å². The normalized spacial score (nSPS) is 15.8. The van der Waals surface area contributed by atoms with Crippen LogP contribution in [0.15, 0.2) is 35.7 Å². The van der Waals surface area contributed by atoms with Gasteiger partial charge in [0, 0.05) is 23.7 Å². The molecule has 24 heavy (non-hydrogen) atoms. The molecule has 2 heterocycles. The number of ether oxygens (including phenoxy) is 1. The van der Waals surface area contributed by atoms with E-state index in [4.69, 9.17) is 0 Å². The largest absolute Gasteiger partial charge is 0.435 e. The molecule has 1 atom stereocenters. The minimum atomic E-state index is -2.86. The smallest absolute Gasteiger partial charge is 0.387 e. The van der Waals surface area contributed by atoms with Gasteiger partial charge in [-0.15, -0.1) is 11.3 Å². The first-order valence-corrected chi connectivity index (χ1v) is 8.56. The van der Waals surface area contributed by atoms with Crippen molar-refractivity contribution in [3.8, 4) is 5.75 Å². The number of hydrogen-bond donors (Lipinski definition) is 1. The molecular formula is C17H18F2N2O2S. The van der Waals surface area contributed by atoms with E-state index < -0.39 is 6.61 Å². The van der Waals surface area contributed by atoms with Gasteiger partial charge in [0.2, 0.25) is 5.91 Å². The number of nitrogens with one attached hydrogen (secondary N) is 1. The average molecular weight is 352 g/mol. The van der Waals surface area contributed by atoms with Crippen LogP contribution in [0.2, 0.25) is 0 Å². The Morgan fingerprint density at radius 1 is 1.29 bits per heavy atom. The van der Waals surface area contributed by atoms with Crippen LogP contribution >= 0.6 is 11.3 Å². The van der Waals surface area contributed by atoms with Gasteiger partial charge >= 0.3 is 6.61 Å². The van der Waals surface area contributed by atoms with Crippen LogP contribution < -0.4 is 10.1 Å². The molecule has 0 saturated heterocycles. The molecule has 1 aliphatic heterocycles. The van der Waals surface area contributed by atoms with Crippen LogP contribution in [0.3, 0.4) is 0 Å². The Labute approximate surface area is 143 Å². The van der Waals surface area contributed by atoms with Crippen LogP contribution in [0.5, 0.6) is 5.75 Å². The van der Waals surface area contributed by atoms with Crippen molar-refractivity contribution >= 4 is 22.9 Å². The van der Waals surface area contributed by atoms with Crippen LogP contribution in [0, 0.1) is 0 Å². The molecule has 0 spiro atoms. The highest BCUT2D eigenvalue weighted by atomic mass is 32.1. The lowest BCUT2D eigenvalue weighted by atomic mass is 10.1. The Hall–Kier alpha value is -1.99. The number of halogens is 2. The summed E-state index contributed by atoms with van der Waals surface area (Å²) in [6.07, 6.45) is 0.963. The van der Waals surface area contributed by atoms with E-state index in [9.17, 15) is 13.6 Å². The number of amides is 1. The van der Waals surface area contributed by atoms with Gasteiger partial charge in [0.25, 0.3) is 0 Å². The number of hydrogen-bond acceptors (Lipinski definition) is 4. The van der Waals surface area contributed by atoms with Crippen molar-refractivity contribution in [2.24, 2.45) is 0 Å². The maximum absolute atomic E-state index is 12.4. The molecule has 1 aliphatic rings. The van der Waals surface area contributed by atoms with Crippen molar-refractivity contribution in [1.29, 1.82) is 0 Å². The molecule has 0 bridgehead atoms. The van der Waals surface area contributed by atoms with E-state index in [0.29, 0.717) is 5.69 Å². The molecule has 0 saturated carbocycles. The number of fused-ring (bicyclic) bond motifs is 1. The van der Waals surface area contributed by atoms with Gasteiger partial charge in [-0.25, -0.2) is 0 Å². The fourth-order valence-corrected chi connectivity index (χ4v) is 3.62. The summed E-state index contributed by atoms with van der Waals surface area (Å²) in [6, 6.07) is 7.76. The fourth-order valence-electron chi connectivity index (χ4n) is 2.73. The second kappa shape index (κ2) is 7.27. The van der Waals surface area contributed by atoms with Gasteiger partial charge in [-0.1, -0.05) is 0 Å². The van der Waals surface area contributed by atoms with Gasteiger partial charge in [0.15, 0.2) is 0 Å². The lowest BCUT2D eigenvalue weighted by molar-refractivity contribution is -0.121. The van der Waals surface area contributed by atoms with Crippen LogP contribution in [0.4, 0.5) is 14.5 Å². The second-order valence-corrected chi connectivity index (χ2v) is 6.66. The summed E-state index contributed by atoms with van der Waals surface area (Å²) >= 11 is 1.76. The Kier molecular flexibility index (Phi) is 5.11. The molecule has 0 fully saturated rings. The molecule has 128 valence electrons. The van der Waals surface area contributed by atoms with Crippen LogP contribution in [-0.4, -0.2) is 30.0 Å². The number of rotatable bonds is 5. The number of anilines is 1. The SMILES string of the molecule is C[C@@H](C(=O)Nc1ccc(OC(F)F)cc1)N1CCc2sccc2C1. The highest BCUT2D eigenvalue weighted by Crippen LogP contribution is 2.25. The van der Waals surface area contributed by atoms with Crippen molar-refractivity contribution in [2.45, 2.75) is 32.5 Å². The third kappa shape index (κ3) is 3.91. The molecule has 1 aromatic carbocycles. The lowest BCUT2D eigenvalue weighted by Crippen LogP contribution is -2.44. The standard InChI is InChI=1S/C17H18F2N2O2S/c1-11(21-8-6-15-12(10-21)7-9-24-15)16(22)20-13-2-4-14(5-3-13)23-17(18)19/h2-5,7,9,11,17H,6,8,10H2,1H3,(H,20,22)/t11-/m0/s1. The molecule has 1 amide bonds. The second-order valence-electron chi connectivity index (χ2n) is 5.66. The third-order valence-electron chi connectivity index (χ3n) is 4.11. The van der Waals surface area contributed by atoms with E-state index in [1.807, 2.05) is 6.92 Å². The number of benzene rings is 1. The molecule has 1 aromatic heterocycles. The van der Waals surface area contributed by atoms with Crippen molar-refractivity contribution in [1.82, 2.24) is 4.90 Å². The summed E-state index contributed by atoms with van der Waals surface area (Å²) in [5.41, 5.74) is 1.85. The Morgan fingerprint density at radius 2 is 2.04 bits per heavy atom. The van der Waals surface area contributed by atoms with Gasteiger partial charge in [-0.05, 0) is 54.6 Å². The molecule has 4 nitrogen and oxygen atoms in total. The van der Waals surface area contributed by atoms with Gasteiger partial charge in [-0.2, -0.15) is 8.78 Å². The van der Waals surface area contributed by atoms with Crippen LogP contribution in [-0.2, 0) is 17.8 Å². The Morgan fingerprint density at radius 3 is 2.75 bits per heavy atom. The quantitative estimate of drug-likeness (QED) is 0.891. The average Bonchev–Trinajstić information content (AvgIpc) is 3.03. The zero-order chi connectivity index (χ0) is 17.1. The van der Waals surface area contributed by atoms with Gasteiger partial charge < -0.3 is 10.1 Å². The lowest BCUT2D eigenvalue weighted by Gasteiger charge is -2.31. The number of alkyl halides is 2. The first-order chi connectivity index (χ1) is 11.5. The van der Waals surface area contributed by atoms with Crippen molar-refractivity contribution in [3.05, 3.63) is 46.2 Å². The molecule has 0 unspecified atom stereocenters. The van der Waals surface area contributed by atoms with Crippen molar-refractivity contribution in [3.63, 3.8) is 0 Å². The minimum Gasteiger partial charge on any atom is -0.435 e. The summed E-state index contributed by atoms with van der Waals surface area (Å²) < 4.78 is 28.5. The zero-order valence-corrected chi connectivity index (χ0v) is 14.0. The Balaban J connectivity index is 1.58. The highest BCUT2D eigenvalue weighted by Gasteiger charge is 2.25. The van der Waals surface area contributed by atoms with E-state index in [1.54, 1.807) is 23.5 Å². The number of nitrogens with zero attached hydrogens (tertiary/aromatic N) is 1. The number of carbonyl (C=O) groups excluding carboxylic acids is 1. The van der Waals surface area contributed by atoms with E-state index >= 15 is 0 Å². The minimum absolute atomic E-state index is 0.0667. The number of thiophene rings is 1. The topological polar surface area (TPSA) is 41.6 Å². The van der Waals surface area contributed by atoms with Crippen molar-refractivity contribution in [2.75, 3.05) is 11.9 Å². The maximum Gasteiger partial charge on any atom is 0.387 e. The summed E-state index contributed by atoms with van der Waals surface area (Å²) in [5, 5.41) is 4.90. The molecular weight excluding hydrogens is 334 g/mol. The molecule has 3 rings (SSSR count). The van der Waals surface area contributed by atoms with Gasteiger partial charge in [-0.3, -0.25) is 9.69 Å². The van der Waals surface area contributed by atoms with E-state index in [1.165, 1.54) is 22.6 Å². The monoisotopic (exact) mass is 352 g/mol. The molecule has 2 aromatic rings. The van der Waals surface area contributed by atoms with Crippen LogP contribution in [0.25, 0.3) is 0 Å². The first kappa shape index (κ1) is 16.9. The van der Waals surface area contributed by atoms with E-state index in [-0.39, 0.29) is 17.7 Å². The van der Waals surface area contributed by atoms with E-state index in [0.717, 1.165) is 19.5 Å². The highest BCUT2D eigenvalue weighted by molar-refractivity contribution is 7.10. The van der Waals surface area contributed by atoms with Crippen LogP contribution in [0.1, 0.15) is 17.4 Å². The summed E-state index contributed by atoms with van der Waals surface area (Å²) in [4.78, 5) is 16.0. The predicted molar refractivity (Wildman–Crippen MR) is 89.6 cm³/mol. The summed E-state index contributed by atoms with van der Waals surface area (Å²) in [7, 11) is 0. The molecule has 0 radical (unpaired) electrons. The molecule has 7 heteroatoms. The summed E-state index contributed by atoms with van der Waals surface area (Å²) in [6.45, 7) is 0.644. The van der Waals surface area contributed by atoms with E-state index in [2.05, 4.69) is 26.4 Å². The third-order valence-corrected chi connectivity index (χ3v) is 5.13. The van der Waals surface area contributed by atoms with Gasteiger partial charge in [0.1, 0.15) is 5.75 Å². The first-order valence-electron chi connectivity index (χ1n) is 7.68. The van der Waals surface area contributed by atoms with Gasteiger partial charge in [0.05, 0.1) is 6.04 Å². The fraction of sp³-hybridized carbons (Fsp3) is 0.353. The zero-order valence-electron chi connectivity index (χ0n) is 13.2. The Bertz CT molecular complexity index is 703. The summed E-state index contributed by atoms with van der Waals surface area (Å²) in [5.74, 6) is -0.0479.